The van der Waals surface area contributed by atoms with Crippen LogP contribution in [0.4, 0.5) is 0 Å². The van der Waals surface area contributed by atoms with Gasteiger partial charge in [0, 0.05) is 11.2 Å². The summed E-state index contributed by atoms with van der Waals surface area (Å²) in [7, 11) is 0. The van der Waals surface area contributed by atoms with Crippen LogP contribution in [-0.2, 0) is 6.54 Å². The van der Waals surface area contributed by atoms with Crippen LogP contribution in [0.2, 0.25) is 5.02 Å². The van der Waals surface area contributed by atoms with E-state index in [4.69, 9.17) is 16.3 Å². The van der Waals surface area contributed by atoms with Gasteiger partial charge in [-0.2, -0.15) is 5.10 Å². The number of ether oxygens (including phenoxy) is 1. The van der Waals surface area contributed by atoms with Gasteiger partial charge in [-0.3, -0.25) is 4.68 Å². The van der Waals surface area contributed by atoms with E-state index in [9.17, 15) is 0 Å². The minimum Gasteiger partial charge on any atom is -0.493 e. The van der Waals surface area contributed by atoms with Gasteiger partial charge in [0.15, 0.2) is 0 Å². The van der Waals surface area contributed by atoms with Crippen LogP contribution in [0.15, 0.2) is 30.6 Å². The van der Waals surface area contributed by atoms with Gasteiger partial charge in [-0.15, -0.1) is 0 Å². The molecule has 1 aliphatic rings. The highest BCUT2D eigenvalue weighted by Gasteiger charge is 2.21. The molecule has 1 aromatic heterocycles. The van der Waals surface area contributed by atoms with Crippen molar-refractivity contribution in [3.63, 3.8) is 0 Å². The van der Waals surface area contributed by atoms with Gasteiger partial charge in [-0.1, -0.05) is 17.7 Å². The third-order valence-electron chi connectivity index (χ3n) is 3.14. The van der Waals surface area contributed by atoms with Crippen molar-refractivity contribution >= 4 is 34.2 Å². The number of benzene rings is 1. The molecule has 0 saturated heterocycles. The Kier molecular flexibility index (Phi) is 3.98. The Balaban J connectivity index is 1.67. The van der Waals surface area contributed by atoms with Crippen molar-refractivity contribution in [3.05, 3.63) is 44.7 Å². The van der Waals surface area contributed by atoms with Crippen LogP contribution in [-0.4, -0.2) is 16.4 Å². The molecule has 19 heavy (non-hydrogen) atoms. The van der Waals surface area contributed by atoms with Crippen molar-refractivity contribution in [1.29, 1.82) is 0 Å². The van der Waals surface area contributed by atoms with Crippen LogP contribution in [0, 0.1) is 9.49 Å². The normalized spacial score (nSPS) is 14.6. The van der Waals surface area contributed by atoms with E-state index in [1.807, 2.05) is 35.3 Å². The van der Waals surface area contributed by atoms with E-state index < -0.39 is 0 Å². The number of hydrogen-bond acceptors (Lipinski definition) is 2. The van der Waals surface area contributed by atoms with Crippen LogP contribution in [0.25, 0.3) is 0 Å². The Hall–Kier alpha value is -0.750. The highest BCUT2D eigenvalue weighted by molar-refractivity contribution is 14.1. The fourth-order valence-corrected chi connectivity index (χ4v) is 2.52. The van der Waals surface area contributed by atoms with E-state index in [1.165, 1.54) is 12.8 Å². The molecule has 3 nitrogen and oxygen atoms in total. The first-order valence-corrected chi connectivity index (χ1v) is 7.75. The maximum absolute atomic E-state index is 6.29. The third kappa shape index (κ3) is 3.63. The fraction of sp³-hybridized carbons (Fsp3) is 0.357. The molecule has 0 radical (unpaired) electrons. The Bertz CT molecular complexity index is 581. The zero-order chi connectivity index (χ0) is 13.2. The number of halogens is 2. The van der Waals surface area contributed by atoms with Crippen molar-refractivity contribution in [2.75, 3.05) is 6.61 Å². The van der Waals surface area contributed by atoms with Crippen molar-refractivity contribution in [2.45, 2.75) is 19.4 Å². The molecule has 0 unspecified atom stereocenters. The van der Waals surface area contributed by atoms with Gasteiger partial charge in [0.2, 0.25) is 0 Å². The average molecular weight is 389 g/mol. The lowest BCUT2D eigenvalue weighted by Gasteiger charge is -2.09. The molecular weight excluding hydrogens is 375 g/mol. The van der Waals surface area contributed by atoms with E-state index in [0.29, 0.717) is 6.54 Å². The number of nitrogens with zero attached hydrogens (tertiary/aromatic N) is 2. The minimum atomic E-state index is 0.685. The standard InChI is InChI=1S/C14H14ClIN2O/c15-14-5-13(19-9-10-1-2-10)4-3-11(14)7-18-8-12(16)6-17-18/h3-6,8,10H,1-2,7,9H2. The summed E-state index contributed by atoms with van der Waals surface area (Å²) < 4.78 is 8.72. The van der Waals surface area contributed by atoms with E-state index in [1.54, 1.807) is 0 Å². The van der Waals surface area contributed by atoms with Gasteiger partial charge in [0.1, 0.15) is 5.75 Å². The molecule has 0 bridgehead atoms. The molecule has 1 aliphatic carbocycles. The molecule has 1 saturated carbocycles. The highest BCUT2D eigenvalue weighted by atomic mass is 127. The predicted molar refractivity (Wildman–Crippen MR) is 83.7 cm³/mol. The summed E-state index contributed by atoms with van der Waals surface area (Å²) in [5, 5.41) is 5.00. The molecule has 0 spiro atoms. The lowest BCUT2D eigenvalue weighted by Crippen LogP contribution is -2.02. The molecule has 2 aromatic rings. The maximum Gasteiger partial charge on any atom is 0.120 e. The van der Waals surface area contributed by atoms with Crippen LogP contribution < -0.4 is 4.74 Å². The fourth-order valence-electron chi connectivity index (χ4n) is 1.84. The molecule has 3 rings (SSSR count). The molecule has 100 valence electrons. The largest absolute Gasteiger partial charge is 0.493 e. The molecule has 0 N–H and O–H groups in total. The summed E-state index contributed by atoms with van der Waals surface area (Å²) >= 11 is 8.54. The third-order valence-corrected chi connectivity index (χ3v) is 4.05. The summed E-state index contributed by atoms with van der Waals surface area (Å²) in [4.78, 5) is 0. The van der Waals surface area contributed by atoms with E-state index >= 15 is 0 Å². The van der Waals surface area contributed by atoms with Gasteiger partial charge in [-0.25, -0.2) is 0 Å². The van der Waals surface area contributed by atoms with Crippen LogP contribution >= 0.6 is 34.2 Å². The molecule has 0 amide bonds. The lowest BCUT2D eigenvalue weighted by molar-refractivity contribution is 0.299. The molecule has 1 aromatic carbocycles. The first-order chi connectivity index (χ1) is 9.20. The maximum atomic E-state index is 6.29. The second kappa shape index (κ2) is 5.71. The second-order valence-corrected chi connectivity index (χ2v) is 6.52. The first-order valence-electron chi connectivity index (χ1n) is 6.30. The molecule has 0 atom stereocenters. The Labute approximate surface area is 131 Å². The van der Waals surface area contributed by atoms with Gasteiger partial charge in [0.25, 0.3) is 0 Å². The van der Waals surface area contributed by atoms with Crippen LogP contribution in [0.3, 0.4) is 0 Å². The Morgan fingerprint density at radius 3 is 2.89 bits per heavy atom. The zero-order valence-corrected chi connectivity index (χ0v) is 13.3. The van der Waals surface area contributed by atoms with Gasteiger partial charge in [0.05, 0.1) is 22.9 Å². The summed E-state index contributed by atoms with van der Waals surface area (Å²) in [6.07, 6.45) is 6.42. The highest BCUT2D eigenvalue weighted by Crippen LogP contribution is 2.30. The predicted octanol–water partition coefficient (Wildman–Crippen LogP) is 3.98. The Morgan fingerprint density at radius 1 is 1.42 bits per heavy atom. The lowest BCUT2D eigenvalue weighted by atomic mass is 10.2. The topological polar surface area (TPSA) is 27.1 Å². The summed E-state index contributed by atoms with van der Waals surface area (Å²) in [5.74, 6) is 1.61. The molecule has 1 heterocycles. The van der Waals surface area contributed by atoms with Crippen molar-refractivity contribution in [2.24, 2.45) is 5.92 Å². The van der Waals surface area contributed by atoms with E-state index in [-0.39, 0.29) is 0 Å². The minimum absolute atomic E-state index is 0.685. The van der Waals surface area contributed by atoms with Crippen molar-refractivity contribution < 1.29 is 4.74 Å². The molecule has 1 fully saturated rings. The molecular formula is C14H14ClIN2O. The van der Waals surface area contributed by atoms with Gasteiger partial charge >= 0.3 is 0 Å². The SMILES string of the molecule is Clc1cc(OCC2CC2)ccc1Cn1cc(I)cn1. The summed E-state index contributed by atoms with van der Waals surface area (Å²) in [6.45, 7) is 1.50. The number of hydrogen-bond donors (Lipinski definition) is 0. The number of rotatable bonds is 5. The number of aromatic nitrogens is 2. The van der Waals surface area contributed by atoms with E-state index in [0.717, 1.165) is 32.4 Å². The molecule has 5 heteroatoms. The van der Waals surface area contributed by atoms with Crippen LogP contribution in [0.5, 0.6) is 5.75 Å². The monoisotopic (exact) mass is 388 g/mol. The van der Waals surface area contributed by atoms with Gasteiger partial charge in [-0.05, 0) is 59.0 Å². The smallest absolute Gasteiger partial charge is 0.120 e. The zero-order valence-electron chi connectivity index (χ0n) is 10.4. The van der Waals surface area contributed by atoms with E-state index in [2.05, 4.69) is 27.7 Å². The quantitative estimate of drug-likeness (QED) is 0.725. The van der Waals surface area contributed by atoms with Crippen molar-refractivity contribution in [1.82, 2.24) is 9.78 Å². The van der Waals surface area contributed by atoms with Crippen LogP contribution in [0.1, 0.15) is 18.4 Å². The Morgan fingerprint density at radius 2 is 2.26 bits per heavy atom. The molecule has 0 aliphatic heterocycles. The second-order valence-electron chi connectivity index (χ2n) is 4.86. The average Bonchev–Trinajstić information content (AvgIpc) is 3.13. The summed E-state index contributed by atoms with van der Waals surface area (Å²) in [6, 6.07) is 5.89. The van der Waals surface area contributed by atoms with Gasteiger partial charge < -0.3 is 4.74 Å². The first kappa shape index (κ1) is 13.2. The summed E-state index contributed by atoms with van der Waals surface area (Å²) in [5.41, 5.74) is 1.06. The van der Waals surface area contributed by atoms with Crippen molar-refractivity contribution in [3.8, 4) is 5.75 Å².